The number of aliphatic carboxylic acids is 1. The van der Waals surface area contributed by atoms with Gasteiger partial charge in [0.25, 0.3) is 5.91 Å². The first-order chi connectivity index (χ1) is 17.0. The summed E-state index contributed by atoms with van der Waals surface area (Å²) in [6, 6.07) is 16.4. The van der Waals surface area contributed by atoms with Crippen LogP contribution in [0.5, 0.6) is 0 Å². The van der Waals surface area contributed by atoms with E-state index in [1.807, 2.05) is 24.3 Å². The number of carboxylic acids is 1. The highest BCUT2D eigenvalue weighted by molar-refractivity contribution is 5.82. The third-order valence-electron chi connectivity index (χ3n) is 7.35. The number of nitrogens with zero attached hydrogens (tertiary/aromatic N) is 1. The van der Waals surface area contributed by atoms with Gasteiger partial charge in [-0.25, -0.2) is 4.79 Å². The van der Waals surface area contributed by atoms with E-state index >= 15 is 0 Å². The van der Waals surface area contributed by atoms with Gasteiger partial charge in [-0.2, -0.15) is 0 Å². The Morgan fingerprint density at radius 2 is 1.69 bits per heavy atom. The first-order valence-electron chi connectivity index (χ1n) is 12.2. The Hall–Kier alpha value is -3.39. The third-order valence-corrected chi connectivity index (χ3v) is 7.35. The SMILES string of the molecule is O=C(O)CCC1CN(C(=O)[C@H]2OCC[C@H]2CNC(=O)OCC2c3ccccc3-c3ccccc32)C1. The molecule has 2 fully saturated rings. The highest BCUT2D eigenvalue weighted by atomic mass is 16.5. The number of carbonyl (C=O) groups is 3. The van der Waals surface area contributed by atoms with Crippen LogP contribution >= 0.6 is 0 Å². The van der Waals surface area contributed by atoms with Crippen molar-refractivity contribution in [1.29, 1.82) is 0 Å². The van der Waals surface area contributed by atoms with Crippen molar-refractivity contribution in [1.82, 2.24) is 10.2 Å². The molecule has 2 aliphatic heterocycles. The van der Waals surface area contributed by atoms with E-state index in [-0.39, 0.29) is 36.7 Å². The van der Waals surface area contributed by atoms with Crippen molar-refractivity contribution < 1.29 is 29.0 Å². The fraction of sp³-hybridized carbons (Fsp3) is 0.444. The maximum atomic E-state index is 12.8. The summed E-state index contributed by atoms with van der Waals surface area (Å²) < 4.78 is 11.3. The van der Waals surface area contributed by atoms with E-state index in [4.69, 9.17) is 14.6 Å². The summed E-state index contributed by atoms with van der Waals surface area (Å²) in [5.41, 5.74) is 4.68. The van der Waals surface area contributed by atoms with E-state index in [0.717, 1.165) is 11.1 Å². The Morgan fingerprint density at radius 3 is 2.34 bits per heavy atom. The summed E-state index contributed by atoms with van der Waals surface area (Å²) in [6.45, 7) is 2.17. The van der Waals surface area contributed by atoms with Crippen molar-refractivity contribution in [3.63, 3.8) is 0 Å². The molecule has 2 amide bonds. The molecule has 2 heterocycles. The molecule has 35 heavy (non-hydrogen) atoms. The summed E-state index contributed by atoms with van der Waals surface area (Å²) in [6.07, 6.45) is 0.319. The van der Waals surface area contributed by atoms with E-state index in [0.29, 0.717) is 39.1 Å². The Balaban J connectivity index is 1.10. The van der Waals surface area contributed by atoms with Crippen LogP contribution in [0.2, 0.25) is 0 Å². The van der Waals surface area contributed by atoms with Gasteiger partial charge in [-0.15, -0.1) is 0 Å². The lowest BCUT2D eigenvalue weighted by Gasteiger charge is -2.41. The van der Waals surface area contributed by atoms with Gasteiger partial charge in [0.1, 0.15) is 12.7 Å². The number of amides is 2. The lowest BCUT2D eigenvalue weighted by atomic mass is 9.92. The van der Waals surface area contributed by atoms with Crippen molar-refractivity contribution in [2.75, 3.05) is 32.8 Å². The van der Waals surface area contributed by atoms with Crippen molar-refractivity contribution in [3.8, 4) is 11.1 Å². The highest BCUT2D eigenvalue weighted by Gasteiger charge is 2.41. The van der Waals surface area contributed by atoms with Gasteiger partial charge in [-0.1, -0.05) is 48.5 Å². The molecule has 184 valence electrons. The molecule has 2 atom stereocenters. The summed E-state index contributed by atoms with van der Waals surface area (Å²) in [7, 11) is 0. The first kappa shape index (κ1) is 23.4. The van der Waals surface area contributed by atoms with E-state index in [1.165, 1.54) is 11.1 Å². The topological polar surface area (TPSA) is 105 Å². The lowest BCUT2D eigenvalue weighted by Crippen LogP contribution is -2.55. The molecule has 0 saturated carbocycles. The van der Waals surface area contributed by atoms with E-state index in [9.17, 15) is 14.4 Å². The third kappa shape index (κ3) is 4.89. The minimum Gasteiger partial charge on any atom is -0.481 e. The summed E-state index contributed by atoms with van der Waals surface area (Å²) in [5.74, 6) is -0.769. The smallest absolute Gasteiger partial charge is 0.407 e. The number of carbonyl (C=O) groups excluding carboxylic acids is 2. The van der Waals surface area contributed by atoms with Gasteiger partial charge < -0.3 is 24.8 Å². The maximum Gasteiger partial charge on any atom is 0.407 e. The zero-order valence-electron chi connectivity index (χ0n) is 19.5. The van der Waals surface area contributed by atoms with Gasteiger partial charge in [-0.05, 0) is 41.0 Å². The zero-order chi connectivity index (χ0) is 24.4. The van der Waals surface area contributed by atoms with Crippen LogP contribution in [0.15, 0.2) is 48.5 Å². The maximum absolute atomic E-state index is 12.8. The molecule has 3 aliphatic rings. The number of rotatable bonds is 8. The molecule has 2 N–H and O–H groups in total. The Bertz CT molecular complexity index is 1070. The molecule has 0 bridgehead atoms. The number of hydrogen-bond donors (Lipinski definition) is 2. The van der Waals surface area contributed by atoms with E-state index < -0.39 is 18.2 Å². The molecule has 2 aromatic rings. The standard InChI is InChI=1S/C27H30N2O6/c30-24(31)10-9-17-14-29(15-17)26(32)25-18(11-12-34-25)13-28-27(33)35-16-23-21-7-3-1-5-19(21)20-6-2-4-8-22(20)23/h1-8,17-18,23,25H,9-16H2,(H,28,33)(H,30,31)/t18-,25-/m0/s1. The quantitative estimate of drug-likeness (QED) is 0.604. The van der Waals surface area contributed by atoms with Gasteiger partial charge in [0.05, 0.1) is 0 Å². The second-order valence-corrected chi connectivity index (χ2v) is 9.59. The second-order valence-electron chi connectivity index (χ2n) is 9.59. The second kappa shape index (κ2) is 10.1. The molecule has 8 heteroatoms. The lowest BCUT2D eigenvalue weighted by molar-refractivity contribution is -0.149. The predicted molar refractivity (Wildman–Crippen MR) is 128 cm³/mol. The summed E-state index contributed by atoms with van der Waals surface area (Å²) in [4.78, 5) is 37.8. The van der Waals surface area contributed by atoms with Crippen molar-refractivity contribution in [3.05, 3.63) is 59.7 Å². The molecular weight excluding hydrogens is 448 g/mol. The van der Waals surface area contributed by atoms with Crippen LogP contribution in [0.25, 0.3) is 11.1 Å². The summed E-state index contributed by atoms with van der Waals surface area (Å²) in [5, 5.41) is 11.6. The molecule has 1 aliphatic carbocycles. The van der Waals surface area contributed by atoms with Crippen LogP contribution in [-0.4, -0.2) is 66.9 Å². The van der Waals surface area contributed by atoms with Gasteiger partial charge in [0.15, 0.2) is 0 Å². The van der Waals surface area contributed by atoms with Gasteiger partial charge in [-0.3, -0.25) is 9.59 Å². The fourth-order valence-corrected chi connectivity index (χ4v) is 5.42. The minimum atomic E-state index is -0.812. The number of ether oxygens (including phenoxy) is 2. The average molecular weight is 479 g/mol. The van der Waals surface area contributed by atoms with Crippen molar-refractivity contribution >= 4 is 18.0 Å². The molecule has 2 saturated heterocycles. The Labute approximate surface area is 204 Å². The van der Waals surface area contributed by atoms with E-state index in [1.54, 1.807) is 4.90 Å². The number of hydrogen-bond acceptors (Lipinski definition) is 5. The zero-order valence-corrected chi connectivity index (χ0v) is 19.5. The molecule has 0 radical (unpaired) electrons. The van der Waals surface area contributed by atoms with Crippen LogP contribution in [0, 0.1) is 11.8 Å². The van der Waals surface area contributed by atoms with E-state index in [2.05, 4.69) is 29.6 Å². The first-order valence-corrected chi connectivity index (χ1v) is 12.2. The Kier molecular flexibility index (Phi) is 6.72. The number of fused-ring (bicyclic) bond motifs is 3. The van der Waals surface area contributed by atoms with Crippen molar-refractivity contribution in [2.24, 2.45) is 11.8 Å². The molecule has 0 unspecified atom stereocenters. The van der Waals surface area contributed by atoms with Crippen LogP contribution in [0.4, 0.5) is 4.79 Å². The number of nitrogens with one attached hydrogen (secondary N) is 1. The number of benzene rings is 2. The molecule has 8 nitrogen and oxygen atoms in total. The van der Waals surface area contributed by atoms with Gasteiger partial charge in [0, 0.05) is 44.5 Å². The molecular formula is C27H30N2O6. The average Bonchev–Trinajstić information content (AvgIpc) is 3.43. The van der Waals surface area contributed by atoms with Crippen molar-refractivity contribution in [2.45, 2.75) is 31.3 Å². The van der Waals surface area contributed by atoms with Gasteiger partial charge in [0.2, 0.25) is 0 Å². The van der Waals surface area contributed by atoms with Crippen LogP contribution < -0.4 is 5.32 Å². The molecule has 5 rings (SSSR count). The van der Waals surface area contributed by atoms with Gasteiger partial charge >= 0.3 is 12.1 Å². The molecule has 0 spiro atoms. The number of likely N-dealkylation sites (tertiary alicyclic amines) is 1. The molecule has 2 aromatic carbocycles. The largest absolute Gasteiger partial charge is 0.481 e. The number of carboxylic acid groups (broad SMARTS) is 1. The highest BCUT2D eigenvalue weighted by Crippen LogP contribution is 2.44. The molecule has 0 aromatic heterocycles. The fourth-order valence-electron chi connectivity index (χ4n) is 5.42. The van der Waals surface area contributed by atoms with Crippen LogP contribution in [0.1, 0.15) is 36.3 Å². The number of alkyl carbamates (subject to hydrolysis) is 1. The van der Waals surface area contributed by atoms with Crippen LogP contribution in [0.3, 0.4) is 0 Å². The normalized spacial score (nSPS) is 21.2. The van der Waals surface area contributed by atoms with Crippen LogP contribution in [-0.2, 0) is 19.1 Å². The Morgan fingerprint density at radius 1 is 1.03 bits per heavy atom. The minimum absolute atomic E-state index is 0.00206. The predicted octanol–water partition coefficient (Wildman–Crippen LogP) is 3.25. The monoisotopic (exact) mass is 478 g/mol. The summed E-state index contributed by atoms with van der Waals surface area (Å²) >= 11 is 0.